The van der Waals surface area contributed by atoms with E-state index in [0.29, 0.717) is 10.8 Å². The Morgan fingerprint density at radius 3 is 2.23 bits per heavy atom. The van der Waals surface area contributed by atoms with E-state index in [4.69, 9.17) is 0 Å². The molecule has 0 spiro atoms. The Bertz CT molecular complexity index is 583. The second kappa shape index (κ2) is 8.72. The van der Waals surface area contributed by atoms with E-state index in [1.807, 2.05) is 0 Å². The first-order valence-electron chi connectivity index (χ1n) is 13.9. The van der Waals surface area contributed by atoms with E-state index < -0.39 is 0 Å². The van der Waals surface area contributed by atoms with Gasteiger partial charge in [0, 0.05) is 0 Å². The van der Waals surface area contributed by atoms with E-state index in [2.05, 4.69) is 41.5 Å². The largest absolute Gasteiger partial charge is 0.393 e. The van der Waals surface area contributed by atoms with Crippen LogP contribution in [0.15, 0.2) is 0 Å². The second-order valence-corrected chi connectivity index (χ2v) is 13.3. The van der Waals surface area contributed by atoms with Crippen LogP contribution in [-0.2, 0) is 0 Å². The van der Waals surface area contributed by atoms with Crippen molar-refractivity contribution in [2.24, 2.45) is 58.2 Å². The first-order chi connectivity index (χ1) is 14.2. The van der Waals surface area contributed by atoms with Gasteiger partial charge in [-0.15, -0.1) is 0 Å². The molecule has 4 saturated carbocycles. The topological polar surface area (TPSA) is 20.2 Å². The monoisotopic (exact) mass is 416 g/mol. The van der Waals surface area contributed by atoms with Crippen LogP contribution in [0.3, 0.4) is 0 Å². The fraction of sp³-hybridized carbons (Fsp3) is 1.00. The van der Waals surface area contributed by atoms with Crippen LogP contribution in [0.2, 0.25) is 0 Å². The highest BCUT2D eigenvalue weighted by molar-refractivity contribution is 5.09. The molecule has 4 rings (SSSR count). The van der Waals surface area contributed by atoms with Crippen molar-refractivity contribution in [1.82, 2.24) is 0 Å². The molecule has 1 N–H and O–H groups in total. The van der Waals surface area contributed by atoms with Crippen LogP contribution in [0.25, 0.3) is 0 Å². The summed E-state index contributed by atoms with van der Waals surface area (Å²) in [6, 6.07) is 0. The molecule has 1 heteroatoms. The molecule has 0 aromatic heterocycles. The van der Waals surface area contributed by atoms with Gasteiger partial charge in [0.25, 0.3) is 0 Å². The van der Waals surface area contributed by atoms with E-state index in [9.17, 15) is 5.11 Å². The Kier molecular flexibility index (Phi) is 6.72. The van der Waals surface area contributed by atoms with Crippen molar-refractivity contribution in [1.29, 1.82) is 0 Å². The summed E-state index contributed by atoms with van der Waals surface area (Å²) in [5, 5.41) is 10.3. The number of aliphatic hydroxyl groups excluding tert-OH is 1. The molecule has 1 nitrogen and oxygen atoms in total. The lowest BCUT2D eigenvalue weighted by molar-refractivity contribution is -0.129. The molecular formula is C29H52O. The average molecular weight is 417 g/mol. The minimum Gasteiger partial charge on any atom is -0.393 e. The predicted molar refractivity (Wildman–Crippen MR) is 128 cm³/mol. The highest BCUT2D eigenvalue weighted by atomic mass is 16.3. The molecule has 0 aliphatic heterocycles. The number of fused-ring (bicyclic) bond motifs is 5. The van der Waals surface area contributed by atoms with E-state index in [0.717, 1.165) is 60.2 Å². The maximum Gasteiger partial charge on any atom is 0.0543 e. The summed E-state index contributed by atoms with van der Waals surface area (Å²) in [6.07, 6.45) is 16.5. The van der Waals surface area contributed by atoms with Crippen molar-refractivity contribution in [2.45, 2.75) is 125 Å². The summed E-state index contributed by atoms with van der Waals surface area (Å²) in [6.45, 7) is 15.2. The molecule has 0 heterocycles. The first-order valence-corrected chi connectivity index (χ1v) is 13.9. The lowest BCUT2D eigenvalue weighted by Crippen LogP contribution is -2.54. The van der Waals surface area contributed by atoms with Gasteiger partial charge in [-0.1, -0.05) is 54.4 Å². The van der Waals surface area contributed by atoms with Gasteiger partial charge in [0.05, 0.1) is 6.10 Å². The maximum absolute atomic E-state index is 10.3. The van der Waals surface area contributed by atoms with Gasteiger partial charge >= 0.3 is 0 Å². The third-order valence-corrected chi connectivity index (χ3v) is 11.9. The summed E-state index contributed by atoms with van der Waals surface area (Å²) < 4.78 is 0. The number of rotatable bonds is 6. The van der Waals surface area contributed by atoms with Crippen molar-refractivity contribution >= 4 is 0 Å². The summed E-state index contributed by atoms with van der Waals surface area (Å²) >= 11 is 0. The smallest absolute Gasteiger partial charge is 0.0543 e. The minimum absolute atomic E-state index is 0.0111. The molecule has 0 bridgehead atoms. The van der Waals surface area contributed by atoms with Gasteiger partial charge in [-0.3, -0.25) is 0 Å². The SMILES string of the molecule is CC[C@H](CC[C@@H](C)[C@H]1CC[C@H]2[C@H]3CC[C@H]4C[C@@H](O)CC[C@]4(C)[C@H]3CC[C@]12C)C(C)C. The highest BCUT2D eigenvalue weighted by Crippen LogP contribution is 2.68. The highest BCUT2D eigenvalue weighted by Gasteiger charge is 2.60. The zero-order chi connectivity index (χ0) is 21.7. The van der Waals surface area contributed by atoms with Gasteiger partial charge in [-0.25, -0.2) is 0 Å². The predicted octanol–water partition coefficient (Wildman–Crippen LogP) is 8.10. The quantitative estimate of drug-likeness (QED) is 0.463. The van der Waals surface area contributed by atoms with Crippen molar-refractivity contribution in [3.8, 4) is 0 Å². The lowest BCUT2D eigenvalue weighted by Gasteiger charge is -2.61. The van der Waals surface area contributed by atoms with Crippen molar-refractivity contribution in [2.75, 3.05) is 0 Å². The van der Waals surface area contributed by atoms with Gasteiger partial charge < -0.3 is 5.11 Å². The summed E-state index contributed by atoms with van der Waals surface area (Å²) in [4.78, 5) is 0. The second-order valence-electron chi connectivity index (χ2n) is 13.3. The number of hydrogen-bond donors (Lipinski definition) is 1. The van der Waals surface area contributed by atoms with E-state index in [1.165, 1.54) is 64.2 Å². The van der Waals surface area contributed by atoms with Crippen LogP contribution in [0.5, 0.6) is 0 Å². The van der Waals surface area contributed by atoms with E-state index in [1.54, 1.807) is 0 Å². The van der Waals surface area contributed by atoms with Crippen LogP contribution in [0, 0.1) is 58.2 Å². The standard InChI is InChI=1S/C29H52O/c1-7-21(19(2)3)9-8-20(4)25-12-13-26-24-11-10-22-18-23(30)14-16-28(22,5)27(24)15-17-29(25,26)6/h19-27,30H,7-18H2,1-6H3/t20-,21-,22+,23+,24-,25-,26+,27+,28+,29-/m1/s1. The fourth-order valence-electron chi connectivity index (χ4n) is 9.90. The third kappa shape index (κ3) is 3.82. The molecule has 4 aliphatic rings. The molecule has 30 heavy (non-hydrogen) atoms. The summed E-state index contributed by atoms with van der Waals surface area (Å²) in [7, 11) is 0. The Labute approximate surface area is 188 Å². The van der Waals surface area contributed by atoms with Crippen molar-refractivity contribution < 1.29 is 5.11 Å². The van der Waals surface area contributed by atoms with E-state index >= 15 is 0 Å². The summed E-state index contributed by atoms with van der Waals surface area (Å²) in [5.41, 5.74) is 1.14. The normalized spacial score (nSPS) is 48.0. The van der Waals surface area contributed by atoms with Crippen LogP contribution >= 0.6 is 0 Å². The lowest BCUT2D eigenvalue weighted by atomic mass is 9.44. The Balaban J connectivity index is 1.45. The molecular weight excluding hydrogens is 364 g/mol. The van der Waals surface area contributed by atoms with Crippen molar-refractivity contribution in [3.05, 3.63) is 0 Å². The number of hydrogen-bond acceptors (Lipinski definition) is 1. The van der Waals surface area contributed by atoms with Crippen molar-refractivity contribution in [3.63, 3.8) is 0 Å². The van der Waals surface area contributed by atoms with Crippen LogP contribution in [0.4, 0.5) is 0 Å². The Hall–Kier alpha value is -0.0400. The van der Waals surface area contributed by atoms with E-state index in [-0.39, 0.29) is 6.10 Å². The Morgan fingerprint density at radius 2 is 1.53 bits per heavy atom. The molecule has 0 aromatic rings. The molecule has 174 valence electrons. The van der Waals surface area contributed by atoms with Gasteiger partial charge in [-0.05, 0) is 122 Å². The number of aliphatic hydroxyl groups is 1. The van der Waals surface area contributed by atoms with Gasteiger partial charge in [0.15, 0.2) is 0 Å². The molecule has 0 radical (unpaired) electrons. The Morgan fingerprint density at radius 1 is 0.833 bits per heavy atom. The maximum atomic E-state index is 10.3. The van der Waals surface area contributed by atoms with Gasteiger partial charge in [0.2, 0.25) is 0 Å². The molecule has 10 atom stereocenters. The van der Waals surface area contributed by atoms with Gasteiger partial charge in [0.1, 0.15) is 0 Å². The first kappa shape index (κ1) is 23.1. The minimum atomic E-state index is -0.0111. The zero-order valence-corrected chi connectivity index (χ0v) is 21.1. The fourth-order valence-corrected chi connectivity index (χ4v) is 9.90. The summed E-state index contributed by atoms with van der Waals surface area (Å²) in [5.74, 6) is 7.34. The zero-order valence-electron chi connectivity index (χ0n) is 21.1. The molecule has 0 unspecified atom stereocenters. The molecule has 4 aliphatic carbocycles. The molecule has 0 aromatic carbocycles. The third-order valence-electron chi connectivity index (χ3n) is 11.9. The van der Waals surface area contributed by atoms with Crippen LogP contribution in [-0.4, -0.2) is 11.2 Å². The molecule has 0 saturated heterocycles. The van der Waals surface area contributed by atoms with Crippen LogP contribution in [0.1, 0.15) is 119 Å². The molecule has 4 fully saturated rings. The van der Waals surface area contributed by atoms with Crippen LogP contribution < -0.4 is 0 Å². The van der Waals surface area contributed by atoms with Gasteiger partial charge in [-0.2, -0.15) is 0 Å². The average Bonchev–Trinajstić information content (AvgIpc) is 3.06. The molecule has 0 amide bonds.